The van der Waals surface area contributed by atoms with E-state index in [1.165, 1.54) is 7.11 Å². The van der Waals surface area contributed by atoms with Gasteiger partial charge < -0.3 is 14.5 Å². The quantitative estimate of drug-likeness (QED) is 0.545. The van der Waals surface area contributed by atoms with Gasteiger partial charge in [-0.05, 0) is 25.1 Å². The summed E-state index contributed by atoms with van der Waals surface area (Å²) in [4.78, 5) is 38.5. The third-order valence-corrected chi connectivity index (χ3v) is 6.96. The molecule has 2 amide bonds. The number of carbonyl (C=O) groups excluding carboxylic acids is 2. The van der Waals surface area contributed by atoms with Crippen LogP contribution in [0.25, 0.3) is 0 Å². The van der Waals surface area contributed by atoms with Gasteiger partial charge in [-0.15, -0.1) is 0 Å². The molecule has 1 atom stereocenters. The molecule has 0 unspecified atom stereocenters. The number of benzene rings is 1. The highest BCUT2D eigenvalue weighted by Gasteiger charge is 2.37. The lowest BCUT2D eigenvalue weighted by Gasteiger charge is -2.34. The van der Waals surface area contributed by atoms with E-state index in [-0.39, 0.29) is 23.9 Å². The van der Waals surface area contributed by atoms with Gasteiger partial charge in [0, 0.05) is 54.6 Å². The topological polar surface area (TPSA) is 93.5 Å². The van der Waals surface area contributed by atoms with Gasteiger partial charge in [-0.2, -0.15) is 5.10 Å². The Labute approximate surface area is 206 Å². The highest BCUT2D eigenvalue weighted by Crippen LogP contribution is 2.31. The van der Waals surface area contributed by atoms with E-state index in [2.05, 4.69) is 9.97 Å². The van der Waals surface area contributed by atoms with Gasteiger partial charge in [-0.1, -0.05) is 23.2 Å². The van der Waals surface area contributed by atoms with Crippen LogP contribution in [0.3, 0.4) is 0 Å². The third-order valence-electron chi connectivity index (χ3n) is 6.22. The van der Waals surface area contributed by atoms with Crippen molar-refractivity contribution in [3.8, 4) is 6.01 Å². The highest BCUT2D eigenvalue weighted by molar-refractivity contribution is 6.42. The van der Waals surface area contributed by atoms with Crippen molar-refractivity contribution < 1.29 is 14.3 Å². The molecule has 0 saturated heterocycles. The summed E-state index contributed by atoms with van der Waals surface area (Å²) in [5, 5.41) is 5.42. The average molecular weight is 501 g/mol. The predicted molar refractivity (Wildman–Crippen MR) is 125 cm³/mol. The number of rotatable bonds is 4. The Morgan fingerprint density at radius 3 is 2.65 bits per heavy atom. The molecule has 0 radical (unpaired) electrons. The van der Waals surface area contributed by atoms with Crippen molar-refractivity contribution in [1.82, 2.24) is 29.5 Å². The van der Waals surface area contributed by atoms with Crippen molar-refractivity contribution >= 4 is 35.0 Å². The van der Waals surface area contributed by atoms with Crippen LogP contribution in [-0.2, 0) is 26.1 Å². The molecular formula is C23H22Cl2N6O3. The number of hydrogen-bond donors (Lipinski definition) is 0. The van der Waals surface area contributed by atoms with Crippen molar-refractivity contribution in [3.63, 3.8) is 0 Å². The van der Waals surface area contributed by atoms with Crippen LogP contribution in [-0.4, -0.2) is 61.1 Å². The van der Waals surface area contributed by atoms with Crippen molar-refractivity contribution in [3.05, 3.63) is 68.7 Å². The maximum Gasteiger partial charge on any atom is 0.316 e. The number of hydrogen-bond acceptors (Lipinski definition) is 6. The highest BCUT2D eigenvalue weighted by atomic mass is 35.5. The summed E-state index contributed by atoms with van der Waals surface area (Å²) in [6.07, 6.45) is 3.88. The fourth-order valence-electron chi connectivity index (χ4n) is 4.43. The lowest BCUT2D eigenvalue weighted by Crippen LogP contribution is -2.44. The van der Waals surface area contributed by atoms with Crippen LogP contribution < -0.4 is 4.74 Å². The molecule has 11 heteroatoms. The van der Waals surface area contributed by atoms with E-state index in [0.29, 0.717) is 53.9 Å². The molecule has 176 valence electrons. The zero-order valence-electron chi connectivity index (χ0n) is 18.7. The monoisotopic (exact) mass is 500 g/mol. The lowest BCUT2D eigenvalue weighted by molar-refractivity contribution is 0.0637. The summed E-state index contributed by atoms with van der Waals surface area (Å²) in [6, 6.07) is 5.06. The molecule has 5 rings (SSSR count). The van der Waals surface area contributed by atoms with E-state index in [4.69, 9.17) is 33.0 Å². The first-order valence-electron chi connectivity index (χ1n) is 10.8. The summed E-state index contributed by atoms with van der Waals surface area (Å²) in [5.41, 5.74) is 3.46. The zero-order valence-corrected chi connectivity index (χ0v) is 20.2. The fourth-order valence-corrected chi connectivity index (χ4v) is 4.73. The SMILES string of the molecule is COc1ncc(CN2CCn3nc4c(c3C2=O)CN(C(=O)c2ccc(Cl)c(Cl)c2)[C@H](C)C4)cn1. The first-order chi connectivity index (χ1) is 16.4. The van der Waals surface area contributed by atoms with E-state index < -0.39 is 0 Å². The molecule has 0 spiro atoms. The van der Waals surface area contributed by atoms with Crippen LogP contribution in [0.2, 0.25) is 10.0 Å². The fraction of sp³-hybridized carbons (Fsp3) is 0.348. The molecule has 34 heavy (non-hydrogen) atoms. The molecule has 0 fully saturated rings. The summed E-state index contributed by atoms with van der Waals surface area (Å²) in [7, 11) is 1.50. The van der Waals surface area contributed by atoms with E-state index >= 15 is 0 Å². The summed E-state index contributed by atoms with van der Waals surface area (Å²) >= 11 is 12.1. The van der Waals surface area contributed by atoms with E-state index in [0.717, 1.165) is 16.8 Å². The number of carbonyl (C=O) groups is 2. The Kier molecular flexibility index (Phi) is 5.91. The number of halogens is 2. The molecule has 2 aliphatic rings. The Bertz CT molecular complexity index is 1280. The molecule has 2 aliphatic heterocycles. The zero-order chi connectivity index (χ0) is 24.0. The van der Waals surface area contributed by atoms with Gasteiger partial charge >= 0.3 is 6.01 Å². The van der Waals surface area contributed by atoms with Crippen LogP contribution in [0.15, 0.2) is 30.6 Å². The largest absolute Gasteiger partial charge is 0.467 e. The number of aromatic nitrogens is 4. The van der Waals surface area contributed by atoms with Crippen LogP contribution >= 0.6 is 23.2 Å². The summed E-state index contributed by atoms with van der Waals surface area (Å²) < 4.78 is 6.77. The van der Waals surface area contributed by atoms with Crippen molar-refractivity contribution in [2.45, 2.75) is 39.0 Å². The molecule has 0 saturated carbocycles. The molecule has 4 heterocycles. The Morgan fingerprint density at radius 1 is 1.18 bits per heavy atom. The predicted octanol–water partition coefficient (Wildman–Crippen LogP) is 3.23. The molecule has 0 bridgehead atoms. The summed E-state index contributed by atoms with van der Waals surface area (Å²) in [6.45, 7) is 3.77. The van der Waals surface area contributed by atoms with Crippen LogP contribution in [0.1, 0.15) is 44.6 Å². The van der Waals surface area contributed by atoms with E-state index in [1.54, 1.807) is 45.1 Å². The minimum absolute atomic E-state index is 0.0749. The smallest absolute Gasteiger partial charge is 0.316 e. The third kappa shape index (κ3) is 3.99. The van der Waals surface area contributed by atoms with Gasteiger partial charge in [0.25, 0.3) is 11.8 Å². The van der Waals surface area contributed by atoms with Gasteiger partial charge in [0.05, 0.1) is 35.9 Å². The second kappa shape index (κ2) is 8.88. The molecule has 0 N–H and O–H groups in total. The van der Waals surface area contributed by atoms with Gasteiger partial charge in [-0.25, -0.2) is 9.97 Å². The molecule has 3 aromatic rings. The minimum atomic E-state index is -0.160. The van der Waals surface area contributed by atoms with Crippen LogP contribution in [0.5, 0.6) is 6.01 Å². The number of methoxy groups -OCH3 is 1. The Balaban J connectivity index is 1.40. The van der Waals surface area contributed by atoms with Crippen molar-refractivity contribution in [2.75, 3.05) is 13.7 Å². The van der Waals surface area contributed by atoms with Gasteiger partial charge in [0.2, 0.25) is 0 Å². The standard InChI is InChI=1S/C23H22Cl2N6O3/c1-13-7-19-16(12-30(13)21(32)15-3-4-17(24)18(25)8-15)20-22(33)29(5-6-31(20)28-19)11-14-9-26-23(34-2)27-10-14/h3-4,8-10,13H,5-7,11-12H2,1-2H3/t13-/m1/s1. The maximum absolute atomic E-state index is 13.5. The van der Waals surface area contributed by atoms with E-state index in [1.807, 2.05) is 6.92 Å². The van der Waals surface area contributed by atoms with Crippen molar-refractivity contribution in [2.24, 2.45) is 0 Å². The first kappa shape index (κ1) is 22.6. The molecular weight excluding hydrogens is 479 g/mol. The first-order valence-corrected chi connectivity index (χ1v) is 11.6. The minimum Gasteiger partial charge on any atom is -0.467 e. The number of amides is 2. The molecule has 1 aromatic carbocycles. The number of fused-ring (bicyclic) bond motifs is 3. The second-order valence-electron chi connectivity index (χ2n) is 8.42. The van der Waals surface area contributed by atoms with Gasteiger partial charge in [0.15, 0.2) is 0 Å². The average Bonchev–Trinajstić information content (AvgIpc) is 3.20. The summed E-state index contributed by atoms with van der Waals surface area (Å²) in [5.74, 6) is -0.278. The normalized spacial score (nSPS) is 17.4. The van der Waals surface area contributed by atoms with E-state index in [9.17, 15) is 9.59 Å². The van der Waals surface area contributed by atoms with Crippen molar-refractivity contribution in [1.29, 1.82) is 0 Å². The van der Waals surface area contributed by atoms with Gasteiger partial charge in [-0.3, -0.25) is 14.3 Å². The van der Waals surface area contributed by atoms with Crippen LogP contribution in [0, 0.1) is 0 Å². The maximum atomic E-state index is 13.5. The lowest BCUT2D eigenvalue weighted by atomic mass is 9.97. The number of nitrogens with zero attached hydrogens (tertiary/aromatic N) is 6. The molecule has 0 aliphatic carbocycles. The second-order valence-corrected chi connectivity index (χ2v) is 9.23. The molecule has 2 aromatic heterocycles. The van der Waals surface area contributed by atoms with Crippen LogP contribution in [0.4, 0.5) is 0 Å². The Hall–Kier alpha value is -3.17. The molecule has 9 nitrogen and oxygen atoms in total. The number of ether oxygens (including phenoxy) is 1. The Morgan fingerprint density at radius 2 is 1.94 bits per heavy atom. The van der Waals surface area contributed by atoms with Gasteiger partial charge in [0.1, 0.15) is 5.69 Å².